The van der Waals surface area contributed by atoms with Crippen molar-refractivity contribution in [3.8, 4) is 0 Å². The molecule has 1 aromatic carbocycles. The number of halogens is 2. The highest BCUT2D eigenvalue weighted by molar-refractivity contribution is 6.38. The molecule has 0 atom stereocenters. The van der Waals surface area contributed by atoms with Gasteiger partial charge in [0.25, 0.3) is 0 Å². The minimum Gasteiger partial charge on any atom is -0.347 e. The number of hydrogen-bond acceptors (Lipinski definition) is 1. The van der Waals surface area contributed by atoms with Gasteiger partial charge in [0.2, 0.25) is 0 Å². The summed E-state index contributed by atoms with van der Waals surface area (Å²) in [6.07, 6.45) is 6.00. The van der Waals surface area contributed by atoms with Crippen molar-refractivity contribution in [3.05, 3.63) is 34.4 Å². The maximum Gasteiger partial charge on any atom is 0.0514 e. The third kappa shape index (κ3) is 2.91. The summed E-state index contributed by atoms with van der Waals surface area (Å²) in [7, 11) is 0. The number of aryl methyl sites for hydroxylation is 1. The SMILES string of the molecule is Clc1cc(Cl)c2ccn(CCCN3CCCC3)c2c1. The molecule has 0 saturated carbocycles. The van der Waals surface area contributed by atoms with E-state index in [-0.39, 0.29) is 0 Å². The van der Waals surface area contributed by atoms with E-state index in [1.807, 2.05) is 6.07 Å². The lowest BCUT2D eigenvalue weighted by molar-refractivity contribution is 0.326. The van der Waals surface area contributed by atoms with Crippen molar-refractivity contribution in [2.75, 3.05) is 19.6 Å². The number of likely N-dealkylation sites (tertiary alicyclic amines) is 1. The van der Waals surface area contributed by atoms with Gasteiger partial charge in [0, 0.05) is 23.2 Å². The van der Waals surface area contributed by atoms with Gasteiger partial charge in [-0.1, -0.05) is 23.2 Å². The van der Waals surface area contributed by atoms with Gasteiger partial charge in [0.05, 0.1) is 10.5 Å². The van der Waals surface area contributed by atoms with Crippen LogP contribution in [0.25, 0.3) is 10.9 Å². The number of hydrogen-bond donors (Lipinski definition) is 0. The molecule has 2 nitrogen and oxygen atoms in total. The Bertz CT molecular complexity index is 571. The Morgan fingerprint density at radius 2 is 1.84 bits per heavy atom. The lowest BCUT2D eigenvalue weighted by Crippen LogP contribution is -2.21. The van der Waals surface area contributed by atoms with Gasteiger partial charge in [0.15, 0.2) is 0 Å². The zero-order valence-corrected chi connectivity index (χ0v) is 12.4. The van der Waals surface area contributed by atoms with Crippen LogP contribution in [-0.2, 0) is 6.54 Å². The van der Waals surface area contributed by atoms with E-state index >= 15 is 0 Å². The highest BCUT2D eigenvalue weighted by Crippen LogP contribution is 2.28. The smallest absolute Gasteiger partial charge is 0.0514 e. The van der Waals surface area contributed by atoms with Crippen LogP contribution in [0.1, 0.15) is 19.3 Å². The van der Waals surface area contributed by atoms with Gasteiger partial charge in [-0.15, -0.1) is 0 Å². The summed E-state index contributed by atoms with van der Waals surface area (Å²) in [5, 5.41) is 2.53. The first-order chi connectivity index (χ1) is 9.24. The molecule has 0 spiro atoms. The van der Waals surface area contributed by atoms with Crippen molar-refractivity contribution in [1.82, 2.24) is 9.47 Å². The lowest BCUT2D eigenvalue weighted by Gasteiger charge is -2.14. The van der Waals surface area contributed by atoms with Gasteiger partial charge in [-0.25, -0.2) is 0 Å². The molecule has 0 amide bonds. The number of fused-ring (bicyclic) bond motifs is 1. The van der Waals surface area contributed by atoms with E-state index in [1.54, 1.807) is 6.07 Å². The number of benzene rings is 1. The largest absolute Gasteiger partial charge is 0.347 e. The van der Waals surface area contributed by atoms with Crippen molar-refractivity contribution in [1.29, 1.82) is 0 Å². The molecule has 0 N–H and O–H groups in total. The molecule has 19 heavy (non-hydrogen) atoms. The molecule has 1 aromatic heterocycles. The van der Waals surface area contributed by atoms with Crippen LogP contribution in [0.3, 0.4) is 0 Å². The highest BCUT2D eigenvalue weighted by atomic mass is 35.5. The van der Waals surface area contributed by atoms with E-state index in [0.717, 1.165) is 22.5 Å². The highest BCUT2D eigenvalue weighted by Gasteiger charge is 2.11. The third-order valence-electron chi connectivity index (χ3n) is 3.88. The molecule has 102 valence electrons. The van der Waals surface area contributed by atoms with Crippen molar-refractivity contribution in [3.63, 3.8) is 0 Å². The third-order valence-corrected chi connectivity index (χ3v) is 4.41. The Labute approximate surface area is 123 Å². The van der Waals surface area contributed by atoms with Gasteiger partial charge in [-0.3, -0.25) is 0 Å². The predicted octanol–water partition coefficient (Wildman–Crippen LogP) is 4.43. The van der Waals surface area contributed by atoms with Crippen LogP contribution < -0.4 is 0 Å². The molecule has 2 aromatic rings. The zero-order valence-electron chi connectivity index (χ0n) is 10.9. The Hall–Kier alpha value is -0.700. The molecule has 2 heterocycles. The normalized spacial score (nSPS) is 16.5. The minimum atomic E-state index is 0.706. The fourth-order valence-electron chi connectivity index (χ4n) is 2.88. The molecule has 0 unspecified atom stereocenters. The maximum absolute atomic E-state index is 6.21. The molecular formula is C15H18Cl2N2. The maximum atomic E-state index is 6.21. The summed E-state index contributed by atoms with van der Waals surface area (Å²) < 4.78 is 2.25. The van der Waals surface area contributed by atoms with Gasteiger partial charge >= 0.3 is 0 Å². The predicted molar refractivity (Wildman–Crippen MR) is 82.2 cm³/mol. The van der Waals surface area contributed by atoms with E-state index in [0.29, 0.717) is 5.02 Å². The Balaban J connectivity index is 1.70. The molecule has 3 rings (SSSR count). The summed E-state index contributed by atoms with van der Waals surface area (Å²) in [4.78, 5) is 2.55. The summed E-state index contributed by atoms with van der Waals surface area (Å²) in [6.45, 7) is 4.75. The fraction of sp³-hybridized carbons (Fsp3) is 0.467. The number of rotatable bonds is 4. The topological polar surface area (TPSA) is 8.17 Å². The van der Waals surface area contributed by atoms with E-state index in [4.69, 9.17) is 23.2 Å². The van der Waals surface area contributed by atoms with E-state index in [2.05, 4.69) is 21.7 Å². The monoisotopic (exact) mass is 296 g/mol. The van der Waals surface area contributed by atoms with Gasteiger partial charge in [-0.2, -0.15) is 0 Å². The van der Waals surface area contributed by atoms with Crippen LogP contribution in [0.4, 0.5) is 0 Å². The van der Waals surface area contributed by atoms with Crippen LogP contribution in [0.5, 0.6) is 0 Å². The van der Waals surface area contributed by atoms with Crippen molar-refractivity contribution in [2.45, 2.75) is 25.8 Å². The molecule has 1 saturated heterocycles. The van der Waals surface area contributed by atoms with Gasteiger partial charge < -0.3 is 9.47 Å². The second kappa shape index (κ2) is 5.74. The zero-order chi connectivity index (χ0) is 13.2. The summed E-state index contributed by atoms with van der Waals surface area (Å²) in [6, 6.07) is 5.88. The Kier molecular flexibility index (Phi) is 4.01. The molecule has 0 bridgehead atoms. The van der Waals surface area contributed by atoms with Crippen LogP contribution in [0.2, 0.25) is 10.0 Å². The van der Waals surface area contributed by atoms with Crippen molar-refractivity contribution in [2.24, 2.45) is 0 Å². The van der Waals surface area contributed by atoms with E-state index < -0.39 is 0 Å². The first-order valence-corrected chi connectivity index (χ1v) is 7.66. The molecule has 1 fully saturated rings. The minimum absolute atomic E-state index is 0.706. The molecule has 1 aliphatic heterocycles. The standard InChI is InChI=1S/C15H18Cl2N2/c16-12-10-14(17)13-4-9-19(15(13)11-12)8-3-7-18-5-1-2-6-18/h4,9-11H,1-3,5-8H2. The first kappa shape index (κ1) is 13.3. The average molecular weight is 297 g/mol. The molecule has 0 aliphatic carbocycles. The van der Waals surface area contributed by atoms with Crippen molar-refractivity contribution >= 4 is 34.1 Å². The van der Waals surface area contributed by atoms with Crippen LogP contribution >= 0.6 is 23.2 Å². The van der Waals surface area contributed by atoms with E-state index in [1.165, 1.54) is 38.9 Å². The van der Waals surface area contributed by atoms with Crippen LogP contribution in [-0.4, -0.2) is 29.1 Å². The second-order valence-electron chi connectivity index (χ2n) is 5.23. The Morgan fingerprint density at radius 1 is 1.05 bits per heavy atom. The first-order valence-electron chi connectivity index (χ1n) is 6.90. The summed E-state index contributed by atoms with van der Waals surface area (Å²) in [5.41, 5.74) is 1.14. The molecule has 4 heteroatoms. The quantitative estimate of drug-likeness (QED) is 0.810. The van der Waals surface area contributed by atoms with Crippen LogP contribution in [0, 0.1) is 0 Å². The van der Waals surface area contributed by atoms with Crippen LogP contribution in [0.15, 0.2) is 24.4 Å². The van der Waals surface area contributed by atoms with Gasteiger partial charge in [-0.05, 0) is 57.1 Å². The number of aromatic nitrogens is 1. The molecule has 0 radical (unpaired) electrons. The summed E-state index contributed by atoms with van der Waals surface area (Å²) >= 11 is 12.3. The van der Waals surface area contributed by atoms with Gasteiger partial charge in [0.1, 0.15) is 0 Å². The second-order valence-corrected chi connectivity index (χ2v) is 6.08. The lowest BCUT2D eigenvalue weighted by atomic mass is 10.2. The molecular weight excluding hydrogens is 279 g/mol. The average Bonchev–Trinajstić information content (AvgIpc) is 2.99. The number of nitrogens with zero attached hydrogens (tertiary/aromatic N) is 2. The van der Waals surface area contributed by atoms with E-state index in [9.17, 15) is 0 Å². The summed E-state index contributed by atoms with van der Waals surface area (Å²) in [5.74, 6) is 0. The molecule has 1 aliphatic rings. The fourth-order valence-corrected chi connectivity index (χ4v) is 3.43. The Morgan fingerprint density at radius 3 is 2.63 bits per heavy atom. The van der Waals surface area contributed by atoms with Crippen molar-refractivity contribution < 1.29 is 0 Å².